The molecule has 1 aliphatic rings. The molecule has 0 heterocycles. The zero-order valence-electron chi connectivity index (χ0n) is 27.3. The molecule has 0 aromatic heterocycles. The highest BCUT2D eigenvalue weighted by atomic mass is 19.4. The number of hydrogen-bond acceptors (Lipinski definition) is 8. The first-order valence-corrected chi connectivity index (χ1v) is 16.2. The number of hydrogen-bond donors (Lipinski definition) is 2. The van der Waals surface area contributed by atoms with Gasteiger partial charge in [0.25, 0.3) is 0 Å². The van der Waals surface area contributed by atoms with Crippen molar-refractivity contribution in [2.45, 2.75) is 77.3 Å². The van der Waals surface area contributed by atoms with E-state index >= 15 is 0 Å². The standard InChI is InChI=1S/C36H47F3O8/c1-24-20-29(11-13-31(24)28-9-7-27(8-10-28)6-4-5-15-36(37,38)39)30-12-14-32(44-16-18-46-34(42)25(2)22-40)33(21-30)45-17-19-47-35(43)26(3)23-41/h11-14,20-21,25,27-28,40-41H,3-10,15-19,22-23H2,1-2H3. The fourth-order valence-electron chi connectivity index (χ4n) is 5.72. The molecule has 2 N–H and O–H groups in total. The number of esters is 2. The van der Waals surface area contributed by atoms with Crippen molar-refractivity contribution >= 4 is 11.9 Å². The summed E-state index contributed by atoms with van der Waals surface area (Å²) < 4.78 is 59.3. The minimum Gasteiger partial charge on any atom is -0.486 e. The molecule has 11 heteroatoms. The van der Waals surface area contributed by atoms with Crippen LogP contribution in [0.2, 0.25) is 0 Å². The summed E-state index contributed by atoms with van der Waals surface area (Å²) in [5.74, 6) is -0.173. The van der Waals surface area contributed by atoms with E-state index in [1.165, 1.54) is 5.56 Å². The number of alkyl halides is 3. The Labute approximate surface area is 274 Å². The van der Waals surface area contributed by atoms with Crippen molar-refractivity contribution in [2.24, 2.45) is 11.8 Å². The van der Waals surface area contributed by atoms with Gasteiger partial charge < -0.3 is 29.2 Å². The van der Waals surface area contributed by atoms with Crippen LogP contribution < -0.4 is 9.47 Å². The lowest BCUT2D eigenvalue weighted by Gasteiger charge is -2.30. The third-order valence-corrected chi connectivity index (χ3v) is 8.47. The number of unbranched alkanes of at least 4 members (excludes halogenated alkanes) is 1. The van der Waals surface area contributed by atoms with Crippen LogP contribution in [0.25, 0.3) is 11.1 Å². The summed E-state index contributed by atoms with van der Waals surface area (Å²) in [5.41, 5.74) is 4.23. The van der Waals surface area contributed by atoms with Gasteiger partial charge in [-0.25, -0.2) is 4.79 Å². The molecule has 0 saturated heterocycles. The quantitative estimate of drug-likeness (QED) is 0.0989. The van der Waals surface area contributed by atoms with Crippen molar-refractivity contribution in [3.63, 3.8) is 0 Å². The fraction of sp³-hybridized carbons (Fsp3) is 0.556. The molecule has 1 aliphatic carbocycles. The largest absolute Gasteiger partial charge is 0.486 e. The summed E-state index contributed by atoms with van der Waals surface area (Å²) in [6.45, 7) is 6.23. The van der Waals surface area contributed by atoms with Gasteiger partial charge in [0.05, 0.1) is 24.7 Å². The van der Waals surface area contributed by atoms with Crippen LogP contribution >= 0.6 is 0 Å². The molecule has 2 aromatic rings. The predicted molar refractivity (Wildman–Crippen MR) is 171 cm³/mol. The highest BCUT2D eigenvalue weighted by molar-refractivity contribution is 5.87. The highest BCUT2D eigenvalue weighted by Gasteiger charge is 2.27. The Morgan fingerprint density at radius 3 is 2.17 bits per heavy atom. The number of aliphatic hydroxyl groups is 2. The maximum absolute atomic E-state index is 12.4. The Kier molecular flexibility index (Phi) is 15.1. The summed E-state index contributed by atoms with van der Waals surface area (Å²) in [7, 11) is 0. The summed E-state index contributed by atoms with van der Waals surface area (Å²) >= 11 is 0. The van der Waals surface area contributed by atoms with Crippen LogP contribution in [-0.4, -0.2) is 68.0 Å². The van der Waals surface area contributed by atoms with E-state index in [4.69, 9.17) is 29.2 Å². The van der Waals surface area contributed by atoms with Crippen molar-refractivity contribution in [3.8, 4) is 22.6 Å². The van der Waals surface area contributed by atoms with Gasteiger partial charge in [-0.3, -0.25) is 4.79 Å². The number of carbonyl (C=O) groups excluding carboxylic acids is 2. The average molecular weight is 665 g/mol. The van der Waals surface area contributed by atoms with Crippen molar-refractivity contribution in [2.75, 3.05) is 39.6 Å². The number of ether oxygens (including phenoxy) is 4. The van der Waals surface area contributed by atoms with Crippen LogP contribution in [0.5, 0.6) is 11.5 Å². The lowest BCUT2D eigenvalue weighted by molar-refractivity contribution is -0.150. The maximum atomic E-state index is 12.4. The average Bonchev–Trinajstić information content (AvgIpc) is 3.06. The number of rotatable bonds is 18. The van der Waals surface area contributed by atoms with Gasteiger partial charge in [0.15, 0.2) is 11.5 Å². The summed E-state index contributed by atoms with van der Waals surface area (Å²) in [6, 6.07) is 11.8. The summed E-state index contributed by atoms with van der Waals surface area (Å²) in [6.07, 6.45) is 1.04. The maximum Gasteiger partial charge on any atom is 0.389 e. The van der Waals surface area contributed by atoms with Crippen molar-refractivity contribution in [3.05, 3.63) is 59.7 Å². The van der Waals surface area contributed by atoms with E-state index in [2.05, 4.69) is 31.7 Å². The lowest BCUT2D eigenvalue weighted by Crippen LogP contribution is -2.20. The molecule has 0 radical (unpaired) electrons. The normalized spacial score (nSPS) is 17.1. The fourth-order valence-corrected chi connectivity index (χ4v) is 5.72. The minimum absolute atomic E-state index is 0.0102. The van der Waals surface area contributed by atoms with Gasteiger partial charge in [-0.1, -0.05) is 43.7 Å². The summed E-state index contributed by atoms with van der Waals surface area (Å²) in [4.78, 5) is 23.6. The zero-order valence-corrected chi connectivity index (χ0v) is 27.3. The Morgan fingerprint density at radius 1 is 0.894 bits per heavy atom. The predicted octanol–water partition coefficient (Wildman–Crippen LogP) is 7.08. The first kappa shape index (κ1) is 37.9. The Hall–Kier alpha value is -3.57. The Balaban J connectivity index is 1.64. The number of halogens is 3. The topological polar surface area (TPSA) is 112 Å². The van der Waals surface area contributed by atoms with Gasteiger partial charge in [0, 0.05) is 6.42 Å². The SMILES string of the molecule is C=C(CO)C(=O)OCCOc1cc(-c2ccc(C3CCC(CCCCC(F)(F)F)CC3)c(C)c2)ccc1OCCOC(=O)C(C)CO. The molecule has 260 valence electrons. The van der Waals surface area contributed by atoms with E-state index in [9.17, 15) is 22.8 Å². The van der Waals surface area contributed by atoms with Crippen molar-refractivity contribution in [1.82, 2.24) is 0 Å². The first-order valence-electron chi connectivity index (χ1n) is 16.2. The molecule has 1 atom stereocenters. The van der Waals surface area contributed by atoms with Gasteiger partial charge in [-0.15, -0.1) is 0 Å². The molecule has 47 heavy (non-hydrogen) atoms. The zero-order chi connectivity index (χ0) is 34.4. The van der Waals surface area contributed by atoms with E-state index in [0.29, 0.717) is 29.8 Å². The Bertz CT molecular complexity index is 1320. The Morgan fingerprint density at radius 2 is 1.53 bits per heavy atom. The second-order valence-electron chi connectivity index (χ2n) is 12.2. The molecule has 8 nitrogen and oxygen atoms in total. The van der Waals surface area contributed by atoms with Gasteiger partial charge in [0.2, 0.25) is 0 Å². The third kappa shape index (κ3) is 12.5. The molecule has 1 saturated carbocycles. The molecule has 0 aliphatic heterocycles. The minimum atomic E-state index is -4.07. The smallest absolute Gasteiger partial charge is 0.389 e. The van der Waals surface area contributed by atoms with Crippen LogP contribution in [0.15, 0.2) is 48.6 Å². The number of aryl methyl sites for hydroxylation is 1. The van der Waals surface area contributed by atoms with Crippen LogP contribution in [0.3, 0.4) is 0 Å². The highest BCUT2D eigenvalue weighted by Crippen LogP contribution is 2.40. The molecule has 1 unspecified atom stereocenters. The first-order chi connectivity index (χ1) is 22.4. The van der Waals surface area contributed by atoms with Crippen molar-refractivity contribution < 1.29 is 51.9 Å². The van der Waals surface area contributed by atoms with Crippen LogP contribution in [-0.2, 0) is 19.1 Å². The number of carbonyl (C=O) groups is 2. The molecule has 3 rings (SSSR count). The summed E-state index contributed by atoms with van der Waals surface area (Å²) in [5, 5.41) is 18.2. The molecule has 0 spiro atoms. The lowest BCUT2D eigenvalue weighted by atomic mass is 9.76. The van der Waals surface area contributed by atoms with Crippen LogP contribution in [0.4, 0.5) is 13.2 Å². The number of benzene rings is 2. The molecule has 0 bridgehead atoms. The van der Waals surface area contributed by atoms with Crippen LogP contribution in [0, 0.1) is 18.8 Å². The van der Waals surface area contributed by atoms with E-state index in [1.54, 1.807) is 13.0 Å². The van der Waals surface area contributed by atoms with Crippen molar-refractivity contribution in [1.29, 1.82) is 0 Å². The van der Waals surface area contributed by atoms with Crippen LogP contribution in [0.1, 0.15) is 75.3 Å². The van der Waals surface area contributed by atoms with Gasteiger partial charge in [0.1, 0.15) is 26.4 Å². The van der Waals surface area contributed by atoms with E-state index in [-0.39, 0.29) is 45.0 Å². The monoisotopic (exact) mass is 664 g/mol. The molecule has 0 amide bonds. The number of aliphatic hydroxyl groups excluding tert-OH is 2. The van der Waals surface area contributed by atoms with E-state index < -0.39 is 37.1 Å². The van der Waals surface area contributed by atoms with Gasteiger partial charge in [-0.2, -0.15) is 13.2 Å². The second-order valence-corrected chi connectivity index (χ2v) is 12.2. The second kappa shape index (κ2) is 18.7. The molecule has 1 fully saturated rings. The molecular weight excluding hydrogens is 617 g/mol. The van der Waals surface area contributed by atoms with Gasteiger partial charge >= 0.3 is 18.1 Å². The van der Waals surface area contributed by atoms with E-state index in [1.807, 2.05) is 12.1 Å². The molecular formula is C36H47F3O8. The van der Waals surface area contributed by atoms with Gasteiger partial charge in [-0.05, 0) is 92.2 Å². The van der Waals surface area contributed by atoms with E-state index in [0.717, 1.165) is 48.8 Å². The molecule has 2 aromatic carbocycles. The third-order valence-electron chi connectivity index (χ3n) is 8.47.